The second-order valence-electron chi connectivity index (χ2n) is 8.19. The number of pyridine rings is 1. The van der Waals surface area contributed by atoms with Gasteiger partial charge in [-0.3, -0.25) is 9.36 Å². The maximum atomic E-state index is 13.6. The average molecular weight is 496 g/mol. The maximum Gasteiger partial charge on any atom is 0.355 e. The van der Waals surface area contributed by atoms with Crippen LogP contribution in [0.5, 0.6) is 0 Å². The lowest BCUT2D eigenvalue weighted by Crippen LogP contribution is -2.29. The van der Waals surface area contributed by atoms with Crippen LogP contribution in [0.3, 0.4) is 0 Å². The predicted octanol–water partition coefficient (Wildman–Crippen LogP) is 4.58. The molecule has 1 aliphatic heterocycles. The van der Waals surface area contributed by atoms with Crippen molar-refractivity contribution in [3.05, 3.63) is 92.8 Å². The summed E-state index contributed by atoms with van der Waals surface area (Å²) in [6, 6.07) is 11.9. The second-order valence-corrected chi connectivity index (χ2v) is 11.2. The van der Waals surface area contributed by atoms with Crippen molar-refractivity contribution >= 4 is 43.9 Å². The lowest BCUT2D eigenvalue weighted by molar-refractivity contribution is 0.0587. The molecule has 6 nitrogen and oxygen atoms in total. The predicted molar refractivity (Wildman–Crippen MR) is 137 cm³/mol. The van der Waals surface area contributed by atoms with Crippen molar-refractivity contribution in [3.8, 4) is 0 Å². The largest absolute Gasteiger partial charge is 0.464 e. The summed E-state index contributed by atoms with van der Waals surface area (Å²) in [5.41, 5.74) is 3.07. The Morgan fingerprint density at radius 2 is 1.85 bits per heavy atom. The van der Waals surface area contributed by atoms with Gasteiger partial charge in [0.05, 0.1) is 18.6 Å². The molecule has 0 amide bonds. The highest BCUT2D eigenvalue weighted by atomic mass is 32.2. The van der Waals surface area contributed by atoms with Gasteiger partial charge in [0, 0.05) is 23.0 Å². The summed E-state index contributed by atoms with van der Waals surface area (Å²) < 4.78 is 30.2. The van der Waals surface area contributed by atoms with E-state index in [2.05, 4.69) is 6.08 Å². The molecular weight excluding hydrogens is 470 g/mol. The molecule has 0 spiro atoms. The highest BCUT2D eigenvalue weighted by molar-refractivity contribution is 8.02. The average Bonchev–Trinajstić information content (AvgIpc) is 3.09. The number of nitrogens with zero attached hydrogens (tertiary/aromatic N) is 1. The van der Waals surface area contributed by atoms with Crippen LogP contribution in [0.25, 0.3) is 16.3 Å². The fourth-order valence-corrected chi connectivity index (χ4v) is 5.33. The molecule has 0 unspecified atom stereocenters. The summed E-state index contributed by atoms with van der Waals surface area (Å²) in [7, 11) is -2.04. The third kappa shape index (κ3) is 4.74. The minimum Gasteiger partial charge on any atom is -0.464 e. The van der Waals surface area contributed by atoms with Crippen LogP contribution < -0.4 is 5.56 Å². The molecule has 2 heterocycles. The van der Waals surface area contributed by atoms with Crippen LogP contribution in [0.4, 0.5) is 0 Å². The summed E-state index contributed by atoms with van der Waals surface area (Å²) >= 11 is 1.69. The quantitative estimate of drug-likeness (QED) is 0.482. The van der Waals surface area contributed by atoms with Gasteiger partial charge < -0.3 is 4.74 Å². The number of hydrogen-bond donors (Lipinski definition) is 0. The number of fused-ring (bicyclic) bond motifs is 1. The van der Waals surface area contributed by atoms with Gasteiger partial charge in [-0.25, -0.2) is 13.2 Å². The van der Waals surface area contributed by atoms with Crippen LogP contribution in [-0.2, 0) is 21.1 Å². The van der Waals surface area contributed by atoms with E-state index in [9.17, 15) is 18.0 Å². The number of esters is 1. The number of aromatic nitrogens is 1. The van der Waals surface area contributed by atoms with E-state index >= 15 is 0 Å². The van der Waals surface area contributed by atoms with Gasteiger partial charge in [0.1, 0.15) is 5.69 Å². The lowest BCUT2D eigenvalue weighted by atomic mass is 9.94. The molecule has 1 aliphatic rings. The maximum absolute atomic E-state index is 13.6. The Morgan fingerprint density at radius 1 is 1.12 bits per heavy atom. The number of methoxy groups -OCH3 is 1. The fraction of sp³-hybridized carbons (Fsp3) is 0.231. The van der Waals surface area contributed by atoms with E-state index in [0.29, 0.717) is 21.9 Å². The van der Waals surface area contributed by atoms with Gasteiger partial charge >= 0.3 is 5.97 Å². The van der Waals surface area contributed by atoms with E-state index in [-0.39, 0.29) is 22.7 Å². The molecule has 34 heavy (non-hydrogen) atoms. The Bertz CT molecular complexity index is 1500. The van der Waals surface area contributed by atoms with E-state index in [1.165, 1.54) is 23.8 Å². The first kappa shape index (κ1) is 24.0. The molecular formula is C26H25NO5S2. The van der Waals surface area contributed by atoms with E-state index < -0.39 is 15.8 Å². The van der Waals surface area contributed by atoms with Crippen molar-refractivity contribution < 1.29 is 17.9 Å². The normalized spacial score (nSPS) is 14.0. The van der Waals surface area contributed by atoms with Crippen molar-refractivity contribution in [1.29, 1.82) is 0 Å². The summed E-state index contributed by atoms with van der Waals surface area (Å²) in [6.45, 7) is 2.04. The lowest BCUT2D eigenvalue weighted by Gasteiger charge is -2.19. The fourth-order valence-electron chi connectivity index (χ4n) is 4.06. The first-order valence-electron chi connectivity index (χ1n) is 10.7. The molecule has 0 atom stereocenters. The highest BCUT2D eigenvalue weighted by Crippen LogP contribution is 2.32. The molecule has 2 aromatic carbocycles. The molecule has 176 valence electrons. The molecule has 0 radical (unpaired) electrons. The zero-order valence-electron chi connectivity index (χ0n) is 19.2. The number of allylic oxidation sites excluding steroid dienone is 3. The molecule has 0 bridgehead atoms. The standard InChI is InChI=1S/C26H25NO5S2/c1-17-6-11-21-22(15-17)23(19-5-4-13-33-14-12-19)24(26(29)32-2)27(25(21)28)16-18-7-9-20(10-8-18)34(3,30)31/h5-12,14-15H,4,13,16H2,1-3H3. The smallest absolute Gasteiger partial charge is 0.355 e. The van der Waals surface area contributed by atoms with Gasteiger partial charge in [-0.05, 0) is 59.6 Å². The van der Waals surface area contributed by atoms with Crippen LogP contribution in [0.1, 0.15) is 33.6 Å². The van der Waals surface area contributed by atoms with E-state index in [0.717, 1.165) is 29.6 Å². The first-order valence-corrected chi connectivity index (χ1v) is 13.7. The first-order chi connectivity index (χ1) is 16.2. The highest BCUT2D eigenvalue weighted by Gasteiger charge is 2.25. The molecule has 0 saturated heterocycles. The third-order valence-corrected chi connectivity index (χ3v) is 7.66. The Morgan fingerprint density at radius 3 is 2.53 bits per heavy atom. The van der Waals surface area contributed by atoms with Crippen LogP contribution in [0.2, 0.25) is 0 Å². The number of thioether (sulfide) groups is 1. The number of ether oxygens (including phenoxy) is 1. The molecule has 0 aliphatic carbocycles. The molecule has 8 heteroatoms. The van der Waals surface area contributed by atoms with Crippen molar-refractivity contribution in [3.63, 3.8) is 0 Å². The Kier molecular flexibility index (Phi) is 6.81. The number of benzene rings is 2. The van der Waals surface area contributed by atoms with E-state index in [1.807, 2.05) is 30.5 Å². The SMILES string of the molecule is COC(=O)c1c(C2=CCCSC=C2)c2cc(C)ccc2c(=O)n1Cc1ccc(S(C)(=O)=O)cc1. The zero-order chi connectivity index (χ0) is 24.5. The van der Waals surface area contributed by atoms with Crippen LogP contribution >= 0.6 is 11.8 Å². The number of sulfone groups is 1. The Hall–Kier alpha value is -3.10. The Balaban J connectivity index is 2.02. The topological polar surface area (TPSA) is 82.4 Å². The van der Waals surface area contributed by atoms with Gasteiger partial charge in [0.2, 0.25) is 0 Å². The van der Waals surface area contributed by atoms with Crippen LogP contribution in [0, 0.1) is 6.92 Å². The second kappa shape index (κ2) is 9.64. The summed E-state index contributed by atoms with van der Waals surface area (Å²) in [5.74, 6) is 0.325. The van der Waals surface area contributed by atoms with Crippen LogP contribution in [0.15, 0.2) is 69.7 Å². The van der Waals surface area contributed by atoms with Crippen molar-refractivity contribution in [2.45, 2.75) is 24.8 Å². The van der Waals surface area contributed by atoms with Gasteiger partial charge in [0.15, 0.2) is 9.84 Å². The number of rotatable bonds is 5. The zero-order valence-corrected chi connectivity index (χ0v) is 20.8. The van der Waals surface area contributed by atoms with Gasteiger partial charge in [-0.2, -0.15) is 0 Å². The molecule has 3 aromatic rings. The van der Waals surface area contributed by atoms with Gasteiger partial charge in [-0.15, -0.1) is 11.8 Å². The van der Waals surface area contributed by atoms with Gasteiger partial charge in [0.25, 0.3) is 5.56 Å². The molecule has 0 fully saturated rings. The molecule has 1 aromatic heterocycles. The molecule has 0 N–H and O–H groups in total. The van der Waals surface area contributed by atoms with Crippen molar-refractivity contribution in [2.24, 2.45) is 0 Å². The van der Waals surface area contributed by atoms with Crippen molar-refractivity contribution in [1.82, 2.24) is 4.57 Å². The molecule has 0 saturated carbocycles. The van der Waals surface area contributed by atoms with E-state index in [1.54, 1.807) is 30.0 Å². The van der Waals surface area contributed by atoms with Crippen molar-refractivity contribution in [2.75, 3.05) is 19.1 Å². The summed E-state index contributed by atoms with van der Waals surface area (Å²) in [6.07, 6.45) is 6.02. The summed E-state index contributed by atoms with van der Waals surface area (Å²) in [5, 5.41) is 3.21. The minimum atomic E-state index is -3.34. The number of aryl methyl sites for hydroxylation is 1. The summed E-state index contributed by atoms with van der Waals surface area (Å²) in [4.78, 5) is 26.9. The van der Waals surface area contributed by atoms with E-state index in [4.69, 9.17) is 4.74 Å². The van der Waals surface area contributed by atoms with Gasteiger partial charge in [-0.1, -0.05) is 35.9 Å². The minimum absolute atomic E-state index is 0.0931. The monoisotopic (exact) mass is 495 g/mol. The number of carbonyl (C=O) groups excluding carboxylic acids is 1. The molecule has 4 rings (SSSR count). The van der Waals surface area contributed by atoms with Crippen LogP contribution in [-0.4, -0.2) is 38.1 Å². The third-order valence-electron chi connectivity index (χ3n) is 5.73. The Labute approximate surface area is 202 Å². The number of hydrogen-bond acceptors (Lipinski definition) is 6. The number of carbonyl (C=O) groups is 1.